The highest BCUT2D eigenvalue weighted by Crippen LogP contribution is 2.46. The van der Waals surface area contributed by atoms with E-state index in [2.05, 4.69) is 142 Å². The van der Waals surface area contributed by atoms with Crippen molar-refractivity contribution in [3.8, 4) is 0 Å². The van der Waals surface area contributed by atoms with Gasteiger partial charge in [-0.05, 0) is 11.1 Å². The molecule has 0 aromatic heterocycles. The zero-order valence-electron chi connectivity index (χ0n) is 22.5. The molecule has 1 aliphatic heterocycles. The molecule has 0 N–H and O–H groups in total. The van der Waals surface area contributed by atoms with Crippen LogP contribution in [0.3, 0.4) is 0 Å². The molecular weight excluding hydrogens is 485 g/mol. The molecule has 5 rings (SSSR count). The van der Waals surface area contributed by atoms with Gasteiger partial charge in [-0.3, -0.25) is 0 Å². The lowest BCUT2D eigenvalue weighted by Gasteiger charge is -2.40. The van der Waals surface area contributed by atoms with E-state index in [1.54, 1.807) is 0 Å². The van der Waals surface area contributed by atoms with E-state index in [9.17, 15) is 0 Å². The molecule has 4 aromatic rings. The molecule has 0 saturated heterocycles. The minimum Gasteiger partial charge on any atom is -0.478 e. The van der Waals surface area contributed by atoms with Gasteiger partial charge in [0.2, 0.25) is 0 Å². The molecular formula is C34H36NO2P. The Balaban J connectivity index is 1.66. The topological polar surface area (TPSA) is 30.8 Å². The summed E-state index contributed by atoms with van der Waals surface area (Å²) >= 11 is 0. The summed E-state index contributed by atoms with van der Waals surface area (Å²) in [5.74, 6) is 0.806. The lowest BCUT2D eigenvalue weighted by atomic mass is 9.82. The third kappa shape index (κ3) is 6.23. The minimum absolute atomic E-state index is 0.144. The first-order chi connectivity index (χ1) is 18.4. The van der Waals surface area contributed by atoms with Crippen molar-refractivity contribution in [2.75, 3.05) is 6.61 Å². The zero-order valence-corrected chi connectivity index (χ0v) is 23.4. The Morgan fingerprint density at radius 2 is 1.11 bits per heavy atom. The fourth-order valence-electron chi connectivity index (χ4n) is 4.92. The normalized spacial score (nSPS) is 15.8. The highest BCUT2D eigenvalue weighted by molar-refractivity contribution is 7.68. The van der Waals surface area contributed by atoms with Crippen molar-refractivity contribution in [3.05, 3.63) is 132 Å². The van der Waals surface area contributed by atoms with E-state index in [0.29, 0.717) is 6.61 Å². The number of hydrogen-bond donors (Lipinski definition) is 0. The summed E-state index contributed by atoms with van der Waals surface area (Å²) in [6, 6.07) is 42.5. The van der Waals surface area contributed by atoms with E-state index in [1.165, 1.54) is 21.7 Å². The third-order valence-corrected chi connectivity index (χ3v) is 8.93. The lowest BCUT2D eigenvalue weighted by Crippen LogP contribution is -2.49. The molecule has 0 spiro atoms. The molecule has 1 atom stereocenters. The molecule has 0 saturated carbocycles. The highest BCUT2D eigenvalue weighted by Gasteiger charge is 2.47. The average molecular weight is 522 g/mol. The van der Waals surface area contributed by atoms with Gasteiger partial charge in [0.1, 0.15) is 18.2 Å². The Morgan fingerprint density at radius 3 is 1.50 bits per heavy atom. The Kier molecular flexibility index (Phi) is 8.07. The second-order valence-corrected chi connectivity index (χ2v) is 12.8. The monoisotopic (exact) mass is 521 g/mol. The summed E-state index contributed by atoms with van der Waals surface area (Å²) in [4.78, 5) is 5.24. The van der Waals surface area contributed by atoms with Gasteiger partial charge >= 0.3 is 0 Å². The summed E-state index contributed by atoms with van der Waals surface area (Å²) in [5, 5.41) is 2.39. The maximum atomic E-state index is 7.54. The molecule has 0 amide bonds. The SMILES string of the molecule is CC(C)(C)C1=N[C@H](C(Cc2ccccc2)(Cc2ccccc2)OP(c2ccccc2)c2ccccc2)CO1. The van der Waals surface area contributed by atoms with Gasteiger partial charge in [0.25, 0.3) is 0 Å². The third-order valence-electron chi connectivity index (χ3n) is 6.85. The highest BCUT2D eigenvalue weighted by atomic mass is 31.1. The summed E-state index contributed by atoms with van der Waals surface area (Å²) in [7, 11) is -1.11. The van der Waals surface area contributed by atoms with Crippen molar-refractivity contribution in [1.82, 2.24) is 0 Å². The first-order valence-electron chi connectivity index (χ1n) is 13.3. The molecule has 38 heavy (non-hydrogen) atoms. The molecule has 0 unspecified atom stereocenters. The Bertz CT molecular complexity index is 1240. The fraction of sp³-hybridized carbons (Fsp3) is 0.265. The van der Waals surface area contributed by atoms with Gasteiger partial charge in [0, 0.05) is 28.9 Å². The van der Waals surface area contributed by atoms with Gasteiger partial charge < -0.3 is 9.26 Å². The van der Waals surface area contributed by atoms with Crippen molar-refractivity contribution < 1.29 is 9.26 Å². The van der Waals surface area contributed by atoms with Crippen LogP contribution in [0.2, 0.25) is 0 Å². The first kappa shape index (κ1) is 26.4. The van der Waals surface area contributed by atoms with E-state index < -0.39 is 13.7 Å². The van der Waals surface area contributed by atoms with Crippen LogP contribution in [0.5, 0.6) is 0 Å². The van der Waals surface area contributed by atoms with Crippen LogP contribution in [0.1, 0.15) is 31.9 Å². The lowest BCUT2D eigenvalue weighted by molar-refractivity contribution is 0.0479. The van der Waals surface area contributed by atoms with E-state index in [0.717, 1.165) is 18.7 Å². The van der Waals surface area contributed by atoms with E-state index in [-0.39, 0.29) is 11.5 Å². The standard InChI is InChI=1S/C34H36NO2P/c1-33(2,3)32-35-31(26-36-32)34(24-27-16-8-4-9-17-27,25-28-18-10-5-11-19-28)37-38(29-20-12-6-13-21-29)30-22-14-7-15-23-30/h4-23,31H,24-26H2,1-3H3/t31-/m0/s1. The Morgan fingerprint density at radius 1 is 0.684 bits per heavy atom. The number of nitrogens with zero attached hydrogens (tertiary/aromatic N) is 1. The second kappa shape index (κ2) is 11.6. The van der Waals surface area contributed by atoms with Crippen molar-refractivity contribution >= 4 is 24.7 Å². The van der Waals surface area contributed by atoms with Gasteiger partial charge in [-0.1, -0.05) is 142 Å². The van der Waals surface area contributed by atoms with Crippen LogP contribution >= 0.6 is 8.15 Å². The van der Waals surface area contributed by atoms with Gasteiger partial charge in [0.15, 0.2) is 5.90 Å². The second-order valence-electron chi connectivity index (χ2n) is 11.0. The molecule has 194 valence electrons. The molecule has 4 aromatic carbocycles. The molecule has 1 aliphatic rings. The zero-order chi connectivity index (χ0) is 26.4. The minimum atomic E-state index is -1.11. The number of benzene rings is 4. The molecule has 1 heterocycles. The number of hydrogen-bond acceptors (Lipinski definition) is 3. The van der Waals surface area contributed by atoms with Gasteiger partial charge in [-0.25, -0.2) is 4.99 Å². The maximum Gasteiger partial charge on any atom is 0.189 e. The van der Waals surface area contributed by atoms with Crippen LogP contribution in [-0.4, -0.2) is 24.1 Å². The first-order valence-corrected chi connectivity index (χ1v) is 14.6. The molecule has 0 aliphatic carbocycles. The smallest absolute Gasteiger partial charge is 0.189 e. The van der Waals surface area contributed by atoms with Crippen molar-refractivity contribution in [3.63, 3.8) is 0 Å². The predicted octanol–water partition coefficient (Wildman–Crippen LogP) is 7.12. The van der Waals surface area contributed by atoms with Gasteiger partial charge in [0.05, 0.1) is 8.15 Å². The van der Waals surface area contributed by atoms with Gasteiger partial charge in [-0.15, -0.1) is 0 Å². The summed E-state index contributed by atoms with van der Waals surface area (Å²) < 4.78 is 13.8. The van der Waals surface area contributed by atoms with Crippen molar-refractivity contribution in [1.29, 1.82) is 0 Å². The van der Waals surface area contributed by atoms with Crippen LogP contribution in [0.25, 0.3) is 0 Å². The number of rotatable bonds is 9. The number of ether oxygens (including phenoxy) is 1. The molecule has 0 radical (unpaired) electrons. The van der Waals surface area contributed by atoms with Crippen molar-refractivity contribution in [2.24, 2.45) is 10.4 Å². The molecule has 4 heteroatoms. The van der Waals surface area contributed by atoms with E-state index >= 15 is 0 Å². The van der Waals surface area contributed by atoms with Gasteiger partial charge in [-0.2, -0.15) is 0 Å². The summed E-state index contributed by atoms with van der Waals surface area (Å²) in [5.41, 5.74) is 1.69. The summed E-state index contributed by atoms with van der Waals surface area (Å²) in [6.45, 7) is 6.99. The van der Waals surface area contributed by atoms with E-state index in [4.69, 9.17) is 14.3 Å². The predicted molar refractivity (Wildman–Crippen MR) is 160 cm³/mol. The fourth-order valence-corrected chi connectivity index (χ4v) is 6.93. The van der Waals surface area contributed by atoms with Crippen LogP contribution in [0, 0.1) is 5.41 Å². The van der Waals surface area contributed by atoms with Crippen LogP contribution < -0.4 is 10.6 Å². The molecule has 3 nitrogen and oxygen atoms in total. The van der Waals surface area contributed by atoms with Crippen molar-refractivity contribution in [2.45, 2.75) is 45.3 Å². The Hall–Kier alpha value is -3.26. The maximum absolute atomic E-state index is 7.54. The van der Waals surface area contributed by atoms with E-state index in [1.807, 2.05) is 0 Å². The summed E-state index contributed by atoms with van der Waals surface area (Å²) in [6.07, 6.45) is 1.46. The van der Waals surface area contributed by atoms with Crippen LogP contribution in [0.15, 0.2) is 126 Å². The van der Waals surface area contributed by atoms with Crippen LogP contribution in [-0.2, 0) is 22.1 Å². The quantitative estimate of drug-likeness (QED) is 0.220. The molecule has 0 fully saturated rings. The largest absolute Gasteiger partial charge is 0.478 e. The Labute approximate surface area is 228 Å². The van der Waals surface area contributed by atoms with Crippen LogP contribution in [0.4, 0.5) is 0 Å². The average Bonchev–Trinajstić information content (AvgIpc) is 3.46. The number of aliphatic imine (C=N–C) groups is 1. The molecule has 0 bridgehead atoms.